The quantitative estimate of drug-likeness (QED) is 0.0526. The van der Waals surface area contributed by atoms with Crippen molar-refractivity contribution in [2.45, 2.75) is 78.6 Å². The zero-order valence-corrected chi connectivity index (χ0v) is 58.3. The summed E-state index contributed by atoms with van der Waals surface area (Å²) in [7, 11) is -2.23. The number of carbonyl (C=O) groups is 1. The van der Waals surface area contributed by atoms with E-state index < -0.39 is 21.3 Å². The van der Waals surface area contributed by atoms with Crippen LogP contribution in [0.15, 0.2) is 350 Å². The average molecular weight is 1590 g/mol. The normalized spacial score (nSPS) is 16.5. The summed E-state index contributed by atoms with van der Waals surface area (Å²) in [6.07, 6.45) is 8.18. The molecule has 5 nitrogen and oxygen atoms in total. The summed E-state index contributed by atoms with van der Waals surface area (Å²) in [5.74, 6) is 2.67. The number of hydrogen-bond acceptors (Lipinski definition) is 6. The third kappa shape index (κ3) is 14.2. The molecule has 438 valence electrons. The van der Waals surface area contributed by atoms with Crippen LogP contribution in [0.5, 0.6) is 17.2 Å². The zero-order valence-electron chi connectivity index (χ0n) is 47.7. The number of rotatable bonds is 12. The van der Waals surface area contributed by atoms with Crippen LogP contribution < -0.4 is 14.2 Å². The SMILES string of the molecule is Ic1ccc(COc2ccc([S+]3c4ccccc4Sc4ccccc43)cc2)cc1.O=C1c2ccccc2[SH+](c2ccc(OCc3ccc(I)cc3)cc2)=C2C=CC=CC12.O=S1c2ccccc2[S+](c2ccc(OCc3ccc(I)cc3)cc2)c2ccccc21. The zero-order chi connectivity index (χ0) is 60.6. The fourth-order valence-electron chi connectivity index (χ4n) is 10.6. The third-order valence-corrected chi connectivity index (χ3v) is 27.7. The van der Waals surface area contributed by atoms with Gasteiger partial charge in [0.1, 0.15) is 79.4 Å². The molecule has 0 saturated heterocycles. The molecule has 0 fully saturated rings. The maximum absolute atomic E-state index is 13.1. The van der Waals surface area contributed by atoms with Crippen LogP contribution in [0.4, 0.5) is 0 Å². The molecule has 11 aromatic carbocycles. The fourth-order valence-corrected chi connectivity index (χ4v) is 22.4. The van der Waals surface area contributed by atoms with Gasteiger partial charge in [-0.25, -0.2) is 4.21 Å². The highest BCUT2D eigenvalue weighted by atomic mass is 127. The number of carbonyl (C=O) groups excluding carboxylic acids is 1. The van der Waals surface area contributed by atoms with Crippen LogP contribution in [-0.4, -0.2) is 14.9 Å². The Hall–Kier alpha value is -6.42. The van der Waals surface area contributed by atoms with E-state index in [1.54, 1.807) is 0 Å². The molecule has 0 bridgehead atoms. The number of allylic oxidation sites excluding steroid dienone is 4. The summed E-state index contributed by atoms with van der Waals surface area (Å²) in [5.41, 5.74) is 4.35. The highest BCUT2D eigenvalue weighted by Crippen LogP contribution is 2.49. The average Bonchev–Trinajstić information content (AvgIpc) is 1.14. The Balaban J connectivity index is 0.000000123. The van der Waals surface area contributed by atoms with Gasteiger partial charge in [0.2, 0.25) is 0 Å². The highest BCUT2D eigenvalue weighted by Gasteiger charge is 2.42. The number of ketones is 1. The molecule has 3 aliphatic heterocycles. The largest absolute Gasteiger partial charge is 0.489 e. The van der Waals surface area contributed by atoms with E-state index in [1.807, 2.05) is 109 Å². The van der Waals surface area contributed by atoms with E-state index in [0.29, 0.717) is 19.8 Å². The summed E-state index contributed by atoms with van der Waals surface area (Å²) in [6, 6.07) is 92.3. The Morgan fingerprint density at radius 1 is 0.427 bits per heavy atom. The highest BCUT2D eigenvalue weighted by molar-refractivity contribution is 14.1. The minimum atomic E-state index is -1.13. The van der Waals surface area contributed by atoms with Crippen molar-refractivity contribution in [2.24, 2.45) is 5.92 Å². The van der Waals surface area contributed by atoms with Crippen molar-refractivity contribution in [3.05, 3.63) is 324 Å². The molecule has 0 radical (unpaired) electrons. The Morgan fingerprint density at radius 2 is 0.820 bits per heavy atom. The van der Waals surface area contributed by atoms with E-state index >= 15 is 0 Å². The molecule has 3 heterocycles. The molecule has 89 heavy (non-hydrogen) atoms. The van der Waals surface area contributed by atoms with E-state index in [1.165, 1.54) is 55.4 Å². The summed E-state index contributed by atoms with van der Waals surface area (Å²) in [5, 5.41) is 0. The van der Waals surface area contributed by atoms with Gasteiger partial charge in [-0.3, -0.25) is 4.79 Å². The summed E-state index contributed by atoms with van der Waals surface area (Å²) in [6.45, 7) is 1.69. The van der Waals surface area contributed by atoms with Gasteiger partial charge in [-0.1, -0.05) is 138 Å². The molecule has 2 unspecified atom stereocenters. The molecular formula is C76H56I3O5S5+3. The first kappa shape index (κ1) is 61.4. The number of Topliss-reactive ketones (excluding diaryl/α,β-unsaturated/α-hetero) is 1. The van der Waals surface area contributed by atoms with Crippen molar-refractivity contribution in [1.82, 2.24) is 0 Å². The van der Waals surface area contributed by atoms with Crippen LogP contribution in [0.25, 0.3) is 0 Å². The van der Waals surface area contributed by atoms with Gasteiger partial charge in [-0.15, -0.1) is 0 Å². The van der Waals surface area contributed by atoms with Crippen LogP contribution in [0.1, 0.15) is 27.0 Å². The van der Waals surface area contributed by atoms with Crippen molar-refractivity contribution < 1.29 is 23.2 Å². The summed E-state index contributed by atoms with van der Waals surface area (Å²) < 4.78 is 34.7. The summed E-state index contributed by atoms with van der Waals surface area (Å²) in [4.78, 5) is 28.8. The van der Waals surface area contributed by atoms with Gasteiger partial charge in [0.25, 0.3) is 0 Å². The van der Waals surface area contributed by atoms with E-state index in [9.17, 15) is 9.00 Å². The number of halogens is 3. The Bertz CT molecular complexity index is 4380. The molecule has 13 heteroatoms. The molecule has 0 saturated carbocycles. The molecule has 0 amide bonds. The minimum absolute atomic E-state index is 0.0860. The lowest BCUT2D eigenvalue weighted by Crippen LogP contribution is -2.31. The number of hydrogen-bond donors (Lipinski definition) is 0. The standard InChI is InChI=1S/C26H19IO2S.C25H18IO2S2.C25H18IOS2/c27-19-11-9-18(10-12-19)17-29-20-13-15-21(16-14-20)30-24-7-3-1-5-22(24)26(28)23-6-2-4-8-25(23)30;26-19-11-9-18(10-12-19)17-28-20-13-15-21(16-14-20)29-22-5-1-3-7-24(22)30(27)25-8-4-2-6-23(25)29;26-19-11-9-18(10-12-19)17-27-20-13-15-21(16-14-20)29-24-7-3-1-5-22(24)28-23-6-2-4-8-25(23)29/h1-16,22H,17H2;1-16H,17H2;1-16H,17H2/q;2*+1/p+1. The first-order valence-electron chi connectivity index (χ1n) is 28.7. The maximum atomic E-state index is 13.1. The molecule has 0 aromatic heterocycles. The monoisotopic (exact) mass is 1590 g/mol. The number of fused-ring (bicyclic) bond motifs is 6. The lowest BCUT2D eigenvalue weighted by molar-refractivity contribution is 0.0969. The topological polar surface area (TPSA) is 61.8 Å². The molecule has 1 aliphatic carbocycles. The minimum Gasteiger partial charge on any atom is -0.489 e. The van der Waals surface area contributed by atoms with E-state index in [4.69, 9.17) is 14.2 Å². The molecule has 0 spiro atoms. The first-order chi connectivity index (χ1) is 43.7. The lowest BCUT2D eigenvalue weighted by atomic mass is 9.91. The second-order valence-electron chi connectivity index (χ2n) is 20.8. The maximum Gasteiger partial charge on any atom is 0.183 e. The first-order valence-corrected chi connectivity index (χ1v) is 37.7. The van der Waals surface area contributed by atoms with Crippen LogP contribution >= 0.6 is 79.5 Å². The van der Waals surface area contributed by atoms with Gasteiger partial charge >= 0.3 is 0 Å². The Morgan fingerprint density at radius 3 is 1.29 bits per heavy atom. The van der Waals surface area contributed by atoms with E-state index in [-0.39, 0.29) is 33.5 Å². The van der Waals surface area contributed by atoms with Crippen molar-refractivity contribution in [3.63, 3.8) is 0 Å². The van der Waals surface area contributed by atoms with Gasteiger partial charge in [0, 0.05) is 10.7 Å². The summed E-state index contributed by atoms with van der Waals surface area (Å²) >= 11 is 8.80. The second kappa shape index (κ2) is 28.8. The van der Waals surface area contributed by atoms with Gasteiger partial charge in [0.15, 0.2) is 35.2 Å². The molecular weight excluding hydrogens is 1530 g/mol. The van der Waals surface area contributed by atoms with Crippen LogP contribution in [0, 0.1) is 16.6 Å². The molecule has 4 aliphatic rings. The van der Waals surface area contributed by atoms with Crippen molar-refractivity contribution in [3.8, 4) is 17.2 Å². The predicted octanol–water partition coefficient (Wildman–Crippen LogP) is 19.6. The molecule has 15 rings (SSSR count). The Kier molecular flexibility index (Phi) is 19.9. The van der Waals surface area contributed by atoms with E-state index in [2.05, 4.69) is 262 Å². The van der Waals surface area contributed by atoms with Gasteiger partial charge < -0.3 is 14.2 Å². The van der Waals surface area contributed by atoms with Crippen molar-refractivity contribution in [2.75, 3.05) is 0 Å². The second-order valence-corrected chi connectivity index (χ2v) is 33.2. The fraction of sp³-hybridized carbons (Fsp3) is 0.0526. The molecule has 2 atom stereocenters. The smallest absolute Gasteiger partial charge is 0.183 e. The van der Waals surface area contributed by atoms with Crippen molar-refractivity contribution >= 4 is 133 Å². The van der Waals surface area contributed by atoms with Gasteiger partial charge in [-0.05, 0) is 260 Å². The number of ether oxygens (including phenoxy) is 3. The predicted molar refractivity (Wildman–Crippen MR) is 392 cm³/mol. The lowest BCUT2D eigenvalue weighted by Gasteiger charge is -2.23. The van der Waals surface area contributed by atoms with Crippen LogP contribution in [0.3, 0.4) is 0 Å². The number of benzene rings is 11. The van der Waals surface area contributed by atoms with Crippen LogP contribution in [0.2, 0.25) is 0 Å². The van der Waals surface area contributed by atoms with Crippen molar-refractivity contribution in [1.29, 1.82) is 0 Å². The third-order valence-electron chi connectivity index (χ3n) is 15.0. The Labute approximate surface area is 576 Å². The molecule has 11 aromatic rings. The van der Waals surface area contributed by atoms with E-state index in [0.717, 1.165) is 58.4 Å². The van der Waals surface area contributed by atoms with Gasteiger partial charge in [0.05, 0.1) is 35.9 Å². The molecule has 0 N–H and O–H groups in total. The number of thiol groups is 1. The van der Waals surface area contributed by atoms with Gasteiger partial charge in [-0.2, -0.15) is 0 Å². The van der Waals surface area contributed by atoms with Crippen LogP contribution in [-0.2, 0) is 62.9 Å².